The quantitative estimate of drug-likeness (QED) is 0.684. The molecule has 0 spiro atoms. The summed E-state index contributed by atoms with van der Waals surface area (Å²) in [6, 6.07) is 3.01. The number of anilines is 1. The standard InChI is InChI=1S/C14H20ClN3O3.ClH/c1-8(2)18-13(19)4-5-17-14(20)9-6-10(15)11(16)7-12(9)21-3;/h6-8H,4-5,16H2,1-3H3,(H,17,20)(H,18,19);1H. The maximum atomic E-state index is 12.1. The van der Waals surface area contributed by atoms with Crippen molar-refractivity contribution in [2.75, 3.05) is 19.4 Å². The normalized spacial score (nSPS) is 9.86. The summed E-state index contributed by atoms with van der Waals surface area (Å²) in [5.74, 6) is -0.153. The highest BCUT2D eigenvalue weighted by molar-refractivity contribution is 6.33. The Hall–Kier alpha value is -1.66. The lowest BCUT2D eigenvalue weighted by atomic mass is 10.1. The molecule has 0 fully saturated rings. The van der Waals surface area contributed by atoms with Crippen LogP contribution in [0.3, 0.4) is 0 Å². The molecule has 0 saturated carbocycles. The van der Waals surface area contributed by atoms with E-state index in [-0.39, 0.29) is 53.8 Å². The first-order chi connectivity index (χ1) is 9.85. The number of hydrogen-bond donors (Lipinski definition) is 3. The Balaban J connectivity index is 0.00000441. The molecule has 1 rings (SSSR count). The van der Waals surface area contributed by atoms with Crippen molar-refractivity contribution >= 4 is 41.5 Å². The summed E-state index contributed by atoms with van der Waals surface area (Å²) < 4.78 is 5.10. The van der Waals surface area contributed by atoms with Crippen LogP contribution in [-0.2, 0) is 4.79 Å². The number of nitrogens with two attached hydrogens (primary N) is 1. The molecule has 2 amide bonds. The Labute approximate surface area is 141 Å². The van der Waals surface area contributed by atoms with Gasteiger partial charge >= 0.3 is 0 Å². The average Bonchev–Trinajstić information content (AvgIpc) is 2.40. The van der Waals surface area contributed by atoms with Crippen molar-refractivity contribution in [1.82, 2.24) is 10.6 Å². The number of nitrogens with one attached hydrogen (secondary N) is 2. The van der Waals surface area contributed by atoms with Gasteiger partial charge in [0.05, 0.1) is 23.4 Å². The van der Waals surface area contributed by atoms with Crippen LogP contribution in [0.25, 0.3) is 0 Å². The first kappa shape index (κ1) is 20.3. The van der Waals surface area contributed by atoms with Crippen molar-refractivity contribution in [2.45, 2.75) is 26.3 Å². The Morgan fingerprint density at radius 1 is 1.36 bits per heavy atom. The fourth-order valence-corrected chi connectivity index (χ4v) is 1.86. The smallest absolute Gasteiger partial charge is 0.255 e. The highest BCUT2D eigenvalue weighted by Gasteiger charge is 2.15. The Kier molecular flexibility index (Phi) is 8.67. The van der Waals surface area contributed by atoms with Crippen molar-refractivity contribution in [2.24, 2.45) is 0 Å². The van der Waals surface area contributed by atoms with E-state index < -0.39 is 0 Å². The molecule has 0 aliphatic heterocycles. The van der Waals surface area contributed by atoms with Crippen LogP contribution in [0.5, 0.6) is 5.75 Å². The van der Waals surface area contributed by atoms with Crippen LogP contribution in [-0.4, -0.2) is 31.5 Å². The van der Waals surface area contributed by atoms with Crippen molar-refractivity contribution < 1.29 is 14.3 Å². The lowest BCUT2D eigenvalue weighted by molar-refractivity contribution is -0.121. The molecule has 8 heteroatoms. The molecule has 0 heterocycles. The summed E-state index contributed by atoms with van der Waals surface area (Å²) in [6.07, 6.45) is 0.203. The molecule has 4 N–H and O–H groups in total. The molecular formula is C14H21Cl2N3O3. The van der Waals surface area contributed by atoms with Crippen LogP contribution >= 0.6 is 24.0 Å². The summed E-state index contributed by atoms with van der Waals surface area (Å²) >= 11 is 5.90. The van der Waals surface area contributed by atoms with Crippen molar-refractivity contribution in [1.29, 1.82) is 0 Å². The predicted molar refractivity (Wildman–Crippen MR) is 89.9 cm³/mol. The van der Waals surface area contributed by atoms with E-state index in [0.29, 0.717) is 11.4 Å². The molecule has 1 aromatic carbocycles. The molecule has 0 aliphatic rings. The van der Waals surface area contributed by atoms with E-state index >= 15 is 0 Å². The maximum Gasteiger partial charge on any atom is 0.255 e. The van der Waals surface area contributed by atoms with E-state index in [1.807, 2.05) is 13.8 Å². The summed E-state index contributed by atoms with van der Waals surface area (Å²) in [7, 11) is 1.44. The number of hydrogen-bond acceptors (Lipinski definition) is 4. The molecule has 6 nitrogen and oxygen atoms in total. The van der Waals surface area contributed by atoms with Gasteiger partial charge in [-0.15, -0.1) is 12.4 Å². The van der Waals surface area contributed by atoms with Gasteiger partial charge < -0.3 is 21.1 Å². The minimum atomic E-state index is -0.369. The Morgan fingerprint density at radius 2 is 2.00 bits per heavy atom. The number of methoxy groups -OCH3 is 1. The molecule has 0 aliphatic carbocycles. The number of rotatable bonds is 6. The molecule has 0 bridgehead atoms. The van der Waals surface area contributed by atoms with Gasteiger partial charge in [0, 0.05) is 25.1 Å². The highest BCUT2D eigenvalue weighted by atomic mass is 35.5. The number of amides is 2. The topological polar surface area (TPSA) is 93.4 Å². The Morgan fingerprint density at radius 3 is 2.55 bits per heavy atom. The number of halogens is 2. The molecular weight excluding hydrogens is 329 g/mol. The number of benzene rings is 1. The molecule has 0 radical (unpaired) electrons. The summed E-state index contributed by atoms with van der Waals surface area (Å²) in [5.41, 5.74) is 6.27. The van der Waals surface area contributed by atoms with Crippen LogP contribution in [0.4, 0.5) is 5.69 Å². The number of ether oxygens (including phenoxy) is 1. The van der Waals surface area contributed by atoms with Gasteiger partial charge in [-0.1, -0.05) is 11.6 Å². The second kappa shape index (κ2) is 9.38. The zero-order valence-corrected chi connectivity index (χ0v) is 14.3. The lowest BCUT2D eigenvalue weighted by Crippen LogP contribution is -2.34. The van der Waals surface area contributed by atoms with Crippen LogP contribution < -0.4 is 21.1 Å². The van der Waals surface area contributed by atoms with E-state index in [0.717, 1.165) is 0 Å². The Bertz CT molecular complexity index is 536. The third kappa shape index (κ3) is 5.99. The van der Waals surface area contributed by atoms with Gasteiger partial charge in [0.25, 0.3) is 5.91 Å². The number of carbonyl (C=O) groups is 2. The van der Waals surface area contributed by atoms with Gasteiger partial charge in [-0.2, -0.15) is 0 Å². The lowest BCUT2D eigenvalue weighted by Gasteiger charge is -2.12. The van der Waals surface area contributed by atoms with Gasteiger partial charge in [0.15, 0.2) is 0 Å². The molecule has 124 valence electrons. The number of carbonyl (C=O) groups excluding carboxylic acids is 2. The maximum absolute atomic E-state index is 12.1. The summed E-state index contributed by atoms with van der Waals surface area (Å²) in [6.45, 7) is 3.97. The monoisotopic (exact) mass is 349 g/mol. The zero-order valence-electron chi connectivity index (χ0n) is 12.7. The van der Waals surface area contributed by atoms with Crippen LogP contribution in [0.2, 0.25) is 5.02 Å². The SMILES string of the molecule is COc1cc(N)c(Cl)cc1C(=O)NCCC(=O)NC(C)C.Cl. The first-order valence-electron chi connectivity index (χ1n) is 6.55. The van der Waals surface area contributed by atoms with E-state index in [2.05, 4.69) is 10.6 Å². The second-order valence-corrected chi connectivity index (χ2v) is 5.21. The molecule has 0 unspecified atom stereocenters. The van der Waals surface area contributed by atoms with E-state index in [4.69, 9.17) is 22.1 Å². The van der Waals surface area contributed by atoms with Gasteiger partial charge in [-0.25, -0.2) is 0 Å². The van der Waals surface area contributed by atoms with Crippen LogP contribution in [0.15, 0.2) is 12.1 Å². The number of nitrogen functional groups attached to an aromatic ring is 1. The van der Waals surface area contributed by atoms with Gasteiger partial charge in [-0.3, -0.25) is 9.59 Å². The van der Waals surface area contributed by atoms with Crippen LogP contribution in [0, 0.1) is 0 Å². The molecule has 22 heavy (non-hydrogen) atoms. The molecule has 1 aromatic rings. The third-order valence-corrected chi connectivity index (χ3v) is 2.98. The molecule has 0 atom stereocenters. The van der Waals surface area contributed by atoms with E-state index in [1.165, 1.54) is 19.2 Å². The summed E-state index contributed by atoms with van der Waals surface area (Å²) in [5, 5.41) is 5.66. The van der Waals surface area contributed by atoms with E-state index in [9.17, 15) is 9.59 Å². The van der Waals surface area contributed by atoms with Gasteiger partial charge in [0.2, 0.25) is 5.91 Å². The van der Waals surface area contributed by atoms with E-state index in [1.54, 1.807) is 0 Å². The zero-order chi connectivity index (χ0) is 16.0. The van der Waals surface area contributed by atoms with Crippen molar-refractivity contribution in [3.63, 3.8) is 0 Å². The van der Waals surface area contributed by atoms with Crippen LogP contribution in [0.1, 0.15) is 30.6 Å². The van der Waals surface area contributed by atoms with Gasteiger partial charge in [-0.05, 0) is 19.9 Å². The minimum Gasteiger partial charge on any atom is -0.496 e. The molecule has 0 aromatic heterocycles. The first-order valence-corrected chi connectivity index (χ1v) is 6.93. The third-order valence-electron chi connectivity index (χ3n) is 2.65. The fourth-order valence-electron chi connectivity index (χ4n) is 1.69. The average molecular weight is 350 g/mol. The predicted octanol–water partition coefficient (Wildman–Crippen LogP) is 2.00. The second-order valence-electron chi connectivity index (χ2n) is 4.80. The van der Waals surface area contributed by atoms with Crippen molar-refractivity contribution in [3.8, 4) is 5.75 Å². The largest absolute Gasteiger partial charge is 0.496 e. The molecule has 0 saturated heterocycles. The van der Waals surface area contributed by atoms with Gasteiger partial charge in [0.1, 0.15) is 5.75 Å². The highest BCUT2D eigenvalue weighted by Crippen LogP contribution is 2.28. The minimum absolute atomic E-state index is 0. The fraction of sp³-hybridized carbons (Fsp3) is 0.429. The summed E-state index contributed by atoms with van der Waals surface area (Å²) in [4.78, 5) is 23.5. The van der Waals surface area contributed by atoms with Crippen molar-refractivity contribution in [3.05, 3.63) is 22.7 Å².